The van der Waals surface area contributed by atoms with Gasteiger partial charge in [-0.2, -0.15) is 10.2 Å². The number of nitrogens with zero attached hydrogens (tertiary/aromatic N) is 5. The summed E-state index contributed by atoms with van der Waals surface area (Å²) in [6.45, 7) is 8.25. The lowest BCUT2D eigenvalue weighted by molar-refractivity contribution is -0.122. The van der Waals surface area contributed by atoms with E-state index < -0.39 is 0 Å². The Hall–Kier alpha value is -3.04. The standard InChI is InChI=1S/C22H28N6O3/c1-3-17-4-6-18(7-5-17)19-14-20-22(30)27(24-16(2)28(20)25-19)15-21(29)23-8-9-26-10-12-31-13-11-26/h4-7,14H,3,8-13,15H2,1-2H3,(H,23,29). The first-order valence-corrected chi connectivity index (χ1v) is 10.7. The van der Waals surface area contributed by atoms with Crippen molar-refractivity contribution in [2.45, 2.75) is 26.8 Å². The van der Waals surface area contributed by atoms with Crippen molar-refractivity contribution in [1.82, 2.24) is 29.6 Å². The summed E-state index contributed by atoms with van der Waals surface area (Å²) in [5.74, 6) is 0.314. The topological polar surface area (TPSA) is 93.8 Å². The van der Waals surface area contributed by atoms with Gasteiger partial charge < -0.3 is 10.1 Å². The number of carbonyl (C=O) groups excluding carboxylic acids is 1. The van der Waals surface area contributed by atoms with Crippen LogP contribution < -0.4 is 10.9 Å². The molecule has 2 aromatic heterocycles. The van der Waals surface area contributed by atoms with Gasteiger partial charge in [0.15, 0.2) is 0 Å². The fourth-order valence-electron chi connectivity index (χ4n) is 3.70. The van der Waals surface area contributed by atoms with Crippen LogP contribution in [-0.4, -0.2) is 69.6 Å². The van der Waals surface area contributed by atoms with Gasteiger partial charge in [0.1, 0.15) is 17.9 Å². The molecule has 0 atom stereocenters. The SMILES string of the molecule is CCc1ccc(-c2cc3c(=O)n(CC(=O)NCCN4CCOCC4)nc(C)n3n2)cc1. The van der Waals surface area contributed by atoms with Gasteiger partial charge in [-0.05, 0) is 25.0 Å². The molecular weight excluding hydrogens is 396 g/mol. The van der Waals surface area contributed by atoms with Crippen LogP contribution in [0.2, 0.25) is 0 Å². The fourth-order valence-corrected chi connectivity index (χ4v) is 3.70. The highest BCUT2D eigenvalue weighted by Gasteiger charge is 2.15. The zero-order valence-electron chi connectivity index (χ0n) is 18.0. The average molecular weight is 425 g/mol. The van der Waals surface area contributed by atoms with Crippen LogP contribution in [0.3, 0.4) is 0 Å². The molecule has 9 heteroatoms. The Labute approximate surface area is 180 Å². The second-order valence-electron chi connectivity index (χ2n) is 7.69. The van der Waals surface area contributed by atoms with Crippen LogP contribution in [0.1, 0.15) is 18.3 Å². The molecule has 4 rings (SSSR count). The lowest BCUT2D eigenvalue weighted by Crippen LogP contribution is -2.42. The van der Waals surface area contributed by atoms with Gasteiger partial charge in [0.25, 0.3) is 5.56 Å². The van der Waals surface area contributed by atoms with E-state index in [0.717, 1.165) is 44.8 Å². The summed E-state index contributed by atoms with van der Waals surface area (Å²) in [5.41, 5.74) is 2.96. The van der Waals surface area contributed by atoms with Crippen molar-refractivity contribution in [3.8, 4) is 11.3 Å². The highest BCUT2D eigenvalue weighted by Crippen LogP contribution is 2.19. The lowest BCUT2D eigenvalue weighted by atomic mass is 10.1. The Morgan fingerprint density at radius 2 is 1.90 bits per heavy atom. The molecule has 1 aliphatic rings. The number of ether oxygens (including phenoxy) is 1. The summed E-state index contributed by atoms with van der Waals surface area (Å²) in [5, 5.41) is 11.7. The number of aryl methyl sites for hydroxylation is 2. The van der Waals surface area contributed by atoms with Gasteiger partial charge in [0.2, 0.25) is 5.91 Å². The molecule has 9 nitrogen and oxygen atoms in total. The predicted molar refractivity (Wildman–Crippen MR) is 117 cm³/mol. The van der Waals surface area contributed by atoms with E-state index in [1.807, 2.05) is 12.1 Å². The molecule has 1 amide bonds. The number of amides is 1. The Kier molecular flexibility index (Phi) is 6.43. The number of aromatic nitrogens is 4. The van der Waals surface area contributed by atoms with Crippen LogP contribution in [0, 0.1) is 6.92 Å². The molecule has 1 aliphatic heterocycles. The number of hydrogen-bond acceptors (Lipinski definition) is 6. The average Bonchev–Trinajstić information content (AvgIpc) is 3.24. The number of nitrogens with one attached hydrogen (secondary N) is 1. The normalized spacial score (nSPS) is 14.8. The highest BCUT2D eigenvalue weighted by molar-refractivity contribution is 5.75. The van der Waals surface area contributed by atoms with Gasteiger partial charge in [-0.15, -0.1) is 0 Å². The molecule has 164 valence electrons. The molecule has 0 bridgehead atoms. The number of rotatable bonds is 7. The van der Waals surface area contributed by atoms with Crippen molar-refractivity contribution in [3.63, 3.8) is 0 Å². The van der Waals surface area contributed by atoms with Gasteiger partial charge in [-0.25, -0.2) is 9.20 Å². The molecule has 3 aromatic rings. The molecule has 31 heavy (non-hydrogen) atoms. The minimum Gasteiger partial charge on any atom is -0.379 e. The van der Waals surface area contributed by atoms with Crippen molar-refractivity contribution in [2.75, 3.05) is 39.4 Å². The third-order valence-corrected chi connectivity index (χ3v) is 5.54. The van der Waals surface area contributed by atoms with Crippen molar-refractivity contribution in [1.29, 1.82) is 0 Å². The van der Waals surface area contributed by atoms with E-state index >= 15 is 0 Å². The van der Waals surface area contributed by atoms with Gasteiger partial charge in [-0.1, -0.05) is 31.2 Å². The molecule has 0 saturated carbocycles. The molecular formula is C22H28N6O3. The summed E-state index contributed by atoms with van der Waals surface area (Å²) >= 11 is 0. The van der Waals surface area contributed by atoms with E-state index in [2.05, 4.69) is 39.5 Å². The summed E-state index contributed by atoms with van der Waals surface area (Å²) < 4.78 is 8.07. The molecule has 3 heterocycles. The maximum atomic E-state index is 12.9. The Morgan fingerprint density at radius 3 is 2.61 bits per heavy atom. The van der Waals surface area contributed by atoms with Crippen LogP contribution >= 0.6 is 0 Å². The Balaban J connectivity index is 1.47. The van der Waals surface area contributed by atoms with Crippen molar-refractivity contribution < 1.29 is 9.53 Å². The van der Waals surface area contributed by atoms with E-state index in [1.54, 1.807) is 13.0 Å². The molecule has 0 radical (unpaired) electrons. The Bertz CT molecular complexity index is 1110. The van der Waals surface area contributed by atoms with Gasteiger partial charge >= 0.3 is 0 Å². The van der Waals surface area contributed by atoms with E-state index in [1.165, 1.54) is 14.8 Å². The summed E-state index contributed by atoms with van der Waals surface area (Å²) in [4.78, 5) is 27.5. The van der Waals surface area contributed by atoms with Gasteiger partial charge in [0, 0.05) is 31.7 Å². The number of fused-ring (bicyclic) bond motifs is 1. The smallest absolute Gasteiger partial charge is 0.293 e. The van der Waals surface area contributed by atoms with Crippen molar-refractivity contribution in [2.24, 2.45) is 0 Å². The number of benzene rings is 1. The third kappa shape index (κ3) is 4.83. The first-order chi connectivity index (χ1) is 15.0. The molecule has 1 N–H and O–H groups in total. The van der Waals surface area contributed by atoms with Crippen LogP contribution in [0.25, 0.3) is 16.8 Å². The second-order valence-corrected chi connectivity index (χ2v) is 7.69. The lowest BCUT2D eigenvalue weighted by Gasteiger charge is -2.26. The first-order valence-electron chi connectivity index (χ1n) is 10.7. The molecule has 1 fully saturated rings. The highest BCUT2D eigenvalue weighted by atomic mass is 16.5. The molecule has 1 aromatic carbocycles. The third-order valence-electron chi connectivity index (χ3n) is 5.54. The Morgan fingerprint density at radius 1 is 1.16 bits per heavy atom. The van der Waals surface area contributed by atoms with Gasteiger partial charge in [0.05, 0.1) is 18.9 Å². The number of hydrogen-bond donors (Lipinski definition) is 1. The minimum absolute atomic E-state index is 0.120. The van der Waals surface area contributed by atoms with Crippen LogP contribution in [0.5, 0.6) is 0 Å². The van der Waals surface area contributed by atoms with Gasteiger partial charge in [-0.3, -0.25) is 14.5 Å². The largest absolute Gasteiger partial charge is 0.379 e. The van der Waals surface area contributed by atoms with Crippen LogP contribution in [-0.2, 0) is 22.5 Å². The molecule has 0 spiro atoms. The molecule has 1 saturated heterocycles. The maximum Gasteiger partial charge on any atom is 0.293 e. The first kappa shape index (κ1) is 21.2. The fraction of sp³-hybridized carbons (Fsp3) is 0.455. The second kappa shape index (κ2) is 9.40. The molecule has 0 aliphatic carbocycles. The zero-order valence-corrected chi connectivity index (χ0v) is 18.0. The summed E-state index contributed by atoms with van der Waals surface area (Å²) in [7, 11) is 0. The van der Waals surface area contributed by atoms with Crippen molar-refractivity contribution in [3.05, 3.63) is 52.1 Å². The summed E-state index contributed by atoms with van der Waals surface area (Å²) in [6, 6.07) is 9.88. The predicted octanol–water partition coefficient (Wildman–Crippen LogP) is 0.877. The van der Waals surface area contributed by atoms with E-state index in [-0.39, 0.29) is 18.0 Å². The van der Waals surface area contributed by atoms with E-state index in [0.29, 0.717) is 23.6 Å². The van der Waals surface area contributed by atoms with Crippen molar-refractivity contribution >= 4 is 11.4 Å². The zero-order chi connectivity index (χ0) is 21.8. The van der Waals surface area contributed by atoms with Crippen LogP contribution in [0.4, 0.5) is 0 Å². The maximum absolute atomic E-state index is 12.9. The summed E-state index contributed by atoms with van der Waals surface area (Å²) in [6.07, 6.45) is 0.966. The van der Waals surface area contributed by atoms with E-state index in [9.17, 15) is 9.59 Å². The van der Waals surface area contributed by atoms with E-state index in [4.69, 9.17) is 4.74 Å². The minimum atomic E-state index is -0.335. The quantitative estimate of drug-likeness (QED) is 0.605. The molecule has 0 unspecified atom stereocenters. The number of morpholine rings is 1. The monoisotopic (exact) mass is 424 g/mol. The van der Waals surface area contributed by atoms with Crippen LogP contribution in [0.15, 0.2) is 35.1 Å². The number of carbonyl (C=O) groups is 1.